The van der Waals surface area contributed by atoms with Crippen molar-refractivity contribution in [3.63, 3.8) is 0 Å². The summed E-state index contributed by atoms with van der Waals surface area (Å²) < 4.78 is 5.19. The van der Waals surface area contributed by atoms with E-state index in [1.807, 2.05) is 6.92 Å². The molecule has 86 valence electrons. The molecule has 1 heteroatoms. The molecule has 0 heterocycles. The van der Waals surface area contributed by atoms with Crippen molar-refractivity contribution in [2.24, 2.45) is 11.3 Å². The summed E-state index contributed by atoms with van der Waals surface area (Å²) in [6, 6.07) is 0. The number of allylic oxidation sites excluding steroid dienone is 4. The maximum atomic E-state index is 5.19. The Hall–Kier alpha value is -0.720. The summed E-state index contributed by atoms with van der Waals surface area (Å²) in [7, 11) is 1.74. The number of rotatable bonds is 3. The van der Waals surface area contributed by atoms with Crippen LogP contribution in [0.4, 0.5) is 0 Å². The van der Waals surface area contributed by atoms with E-state index in [1.165, 1.54) is 12.8 Å². The van der Waals surface area contributed by atoms with E-state index in [4.69, 9.17) is 4.74 Å². The molecule has 0 saturated carbocycles. The van der Waals surface area contributed by atoms with Crippen molar-refractivity contribution in [3.8, 4) is 0 Å². The summed E-state index contributed by atoms with van der Waals surface area (Å²) in [5.74, 6) is 1.71. The van der Waals surface area contributed by atoms with Gasteiger partial charge in [-0.3, -0.25) is 0 Å². The van der Waals surface area contributed by atoms with Crippen molar-refractivity contribution in [1.82, 2.24) is 0 Å². The topological polar surface area (TPSA) is 9.23 Å². The van der Waals surface area contributed by atoms with Crippen LogP contribution < -0.4 is 0 Å². The van der Waals surface area contributed by atoms with Gasteiger partial charge in [-0.15, -0.1) is 0 Å². The van der Waals surface area contributed by atoms with Gasteiger partial charge in [0, 0.05) is 0 Å². The second-order valence-corrected chi connectivity index (χ2v) is 5.28. The molecule has 15 heavy (non-hydrogen) atoms. The monoisotopic (exact) mass is 208 g/mol. The minimum Gasteiger partial charge on any atom is -0.502 e. The summed E-state index contributed by atoms with van der Waals surface area (Å²) >= 11 is 0. The van der Waals surface area contributed by atoms with Gasteiger partial charge in [0.15, 0.2) is 0 Å². The first-order valence-corrected chi connectivity index (χ1v) is 5.85. The lowest BCUT2D eigenvalue weighted by atomic mass is 9.67. The summed E-state index contributed by atoms with van der Waals surface area (Å²) in [6.07, 6.45) is 8.26. The van der Waals surface area contributed by atoms with Crippen LogP contribution in [0, 0.1) is 11.3 Å². The van der Waals surface area contributed by atoms with Crippen molar-refractivity contribution < 1.29 is 4.74 Å². The maximum absolute atomic E-state index is 5.19. The van der Waals surface area contributed by atoms with Crippen LogP contribution in [0.2, 0.25) is 0 Å². The maximum Gasteiger partial charge on any atom is 0.0885 e. The number of methoxy groups -OCH3 is 1. The van der Waals surface area contributed by atoms with Gasteiger partial charge in [-0.2, -0.15) is 0 Å². The van der Waals surface area contributed by atoms with Crippen LogP contribution in [0.15, 0.2) is 23.5 Å². The Labute approximate surface area is 94.2 Å². The third kappa shape index (κ3) is 3.12. The van der Waals surface area contributed by atoms with Crippen LogP contribution in [0.3, 0.4) is 0 Å². The Morgan fingerprint density at radius 3 is 2.80 bits per heavy atom. The molecular formula is C14H24O. The normalized spacial score (nSPS) is 26.1. The molecule has 0 spiro atoms. The lowest BCUT2D eigenvalue weighted by Crippen LogP contribution is -2.27. The van der Waals surface area contributed by atoms with Gasteiger partial charge in [-0.25, -0.2) is 0 Å². The van der Waals surface area contributed by atoms with E-state index >= 15 is 0 Å². The van der Waals surface area contributed by atoms with Crippen LogP contribution >= 0.6 is 0 Å². The molecule has 0 bridgehead atoms. The van der Waals surface area contributed by atoms with Crippen LogP contribution in [0.25, 0.3) is 0 Å². The SMILES string of the molecule is COC(C)=CCC1C(C)=CCCC1(C)C. The molecule has 1 atom stereocenters. The zero-order valence-electron chi connectivity index (χ0n) is 10.8. The van der Waals surface area contributed by atoms with Crippen molar-refractivity contribution >= 4 is 0 Å². The Kier molecular flexibility index (Phi) is 4.01. The first-order valence-electron chi connectivity index (χ1n) is 5.85. The largest absolute Gasteiger partial charge is 0.502 e. The first-order chi connectivity index (χ1) is 6.97. The van der Waals surface area contributed by atoms with Crippen LogP contribution in [0.5, 0.6) is 0 Å². The summed E-state index contributed by atoms with van der Waals surface area (Å²) in [5, 5.41) is 0. The molecule has 1 nitrogen and oxygen atoms in total. The van der Waals surface area contributed by atoms with Gasteiger partial charge >= 0.3 is 0 Å². The third-order valence-electron chi connectivity index (χ3n) is 3.71. The lowest BCUT2D eigenvalue weighted by Gasteiger charge is -2.38. The zero-order chi connectivity index (χ0) is 11.5. The molecule has 0 amide bonds. The fraction of sp³-hybridized carbons (Fsp3) is 0.714. The lowest BCUT2D eigenvalue weighted by molar-refractivity contribution is 0.213. The van der Waals surface area contributed by atoms with Gasteiger partial charge in [0.2, 0.25) is 0 Å². The number of ether oxygens (including phenoxy) is 1. The molecule has 1 unspecified atom stereocenters. The van der Waals surface area contributed by atoms with Gasteiger partial charge in [0.25, 0.3) is 0 Å². The highest BCUT2D eigenvalue weighted by molar-refractivity contribution is 5.14. The van der Waals surface area contributed by atoms with Crippen molar-refractivity contribution in [1.29, 1.82) is 0 Å². The molecule has 1 aliphatic rings. The van der Waals surface area contributed by atoms with Crippen molar-refractivity contribution in [2.75, 3.05) is 7.11 Å². The van der Waals surface area contributed by atoms with E-state index in [-0.39, 0.29) is 0 Å². The van der Waals surface area contributed by atoms with Crippen LogP contribution in [-0.2, 0) is 4.74 Å². The molecule has 0 aromatic carbocycles. The van der Waals surface area contributed by atoms with E-state index < -0.39 is 0 Å². The first kappa shape index (κ1) is 12.4. The Morgan fingerprint density at radius 1 is 1.60 bits per heavy atom. The van der Waals surface area contributed by atoms with E-state index in [1.54, 1.807) is 12.7 Å². The van der Waals surface area contributed by atoms with E-state index in [9.17, 15) is 0 Å². The summed E-state index contributed by atoms with van der Waals surface area (Å²) in [5.41, 5.74) is 1.98. The molecule has 0 fully saturated rings. The molecule has 0 N–H and O–H groups in total. The van der Waals surface area contributed by atoms with Crippen molar-refractivity contribution in [3.05, 3.63) is 23.5 Å². The molecule has 0 saturated heterocycles. The summed E-state index contributed by atoms with van der Waals surface area (Å²) in [4.78, 5) is 0. The second-order valence-electron chi connectivity index (χ2n) is 5.28. The molecule has 1 rings (SSSR count). The Balaban J connectivity index is 2.73. The highest BCUT2D eigenvalue weighted by atomic mass is 16.5. The van der Waals surface area contributed by atoms with E-state index in [2.05, 4.69) is 32.9 Å². The van der Waals surface area contributed by atoms with Crippen LogP contribution in [-0.4, -0.2) is 7.11 Å². The fourth-order valence-corrected chi connectivity index (χ4v) is 2.48. The van der Waals surface area contributed by atoms with E-state index in [0.717, 1.165) is 12.2 Å². The van der Waals surface area contributed by atoms with Gasteiger partial charge in [0.1, 0.15) is 0 Å². The van der Waals surface area contributed by atoms with Gasteiger partial charge in [-0.05, 0) is 50.5 Å². The molecule has 0 aromatic heterocycles. The zero-order valence-corrected chi connectivity index (χ0v) is 10.8. The summed E-state index contributed by atoms with van der Waals surface area (Å²) in [6.45, 7) is 9.05. The Morgan fingerprint density at radius 2 is 2.27 bits per heavy atom. The minimum atomic E-state index is 0.434. The quantitative estimate of drug-likeness (QED) is 0.496. The molecule has 0 aliphatic heterocycles. The average Bonchev–Trinajstić information content (AvgIpc) is 2.15. The minimum absolute atomic E-state index is 0.434. The van der Waals surface area contributed by atoms with Crippen molar-refractivity contribution in [2.45, 2.75) is 47.0 Å². The second kappa shape index (κ2) is 4.87. The van der Waals surface area contributed by atoms with Crippen LogP contribution in [0.1, 0.15) is 47.0 Å². The predicted octanol–water partition coefficient (Wildman–Crippen LogP) is 4.31. The van der Waals surface area contributed by atoms with E-state index in [0.29, 0.717) is 11.3 Å². The Bertz CT molecular complexity index is 271. The fourth-order valence-electron chi connectivity index (χ4n) is 2.48. The molecule has 0 radical (unpaired) electrons. The van der Waals surface area contributed by atoms with Gasteiger partial charge in [-0.1, -0.05) is 25.5 Å². The van der Waals surface area contributed by atoms with Gasteiger partial charge < -0.3 is 4.74 Å². The smallest absolute Gasteiger partial charge is 0.0885 e. The molecule has 0 aromatic rings. The number of hydrogen-bond acceptors (Lipinski definition) is 1. The average molecular weight is 208 g/mol. The highest BCUT2D eigenvalue weighted by Gasteiger charge is 2.31. The third-order valence-corrected chi connectivity index (χ3v) is 3.71. The molecular weight excluding hydrogens is 184 g/mol. The predicted molar refractivity (Wildman–Crippen MR) is 65.6 cm³/mol. The molecule has 1 aliphatic carbocycles. The highest BCUT2D eigenvalue weighted by Crippen LogP contribution is 2.42. The number of hydrogen-bond donors (Lipinski definition) is 0. The standard InChI is InChI=1S/C14H24O/c1-11-7-6-10-14(3,4)13(11)9-8-12(2)15-5/h7-8,13H,6,9-10H2,1-5H3. The van der Waals surface area contributed by atoms with Gasteiger partial charge in [0.05, 0.1) is 12.9 Å².